The summed E-state index contributed by atoms with van der Waals surface area (Å²) in [7, 11) is 1.99. The van der Waals surface area contributed by atoms with Crippen LogP contribution in [0.2, 0.25) is 0 Å². The van der Waals surface area contributed by atoms with Gasteiger partial charge in [0.1, 0.15) is 0 Å². The summed E-state index contributed by atoms with van der Waals surface area (Å²) >= 11 is 0. The number of carboxylic acid groups (broad SMARTS) is 1. The molecule has 2 fully saturated rings. The quantitative estimate of drug-likeness (QED) is 0.868. The molecule has 1 aromatic rings. The maximum atomic E-state index is 12.0. The van der Waals surface area contributed by atoms with Gasteiger partial charge in [0.05, 0.1) is 11.3 Å². The molecule has 2 aliphatic rings. The zero-order valence-corrected chi connectivity index (χ0v) is 10.9. The second-order valence-electron chi connectivity index (χ2n) is 5.51. The van der Waals surface area contributed by atoms with Crippen LogP contribution in [-0.4, -0.2) is 45.7 Å². The van der Waals surface area contributed by atoms with Crippen LogP contribution in [0.3, 0.4) is 0 Å². The largest absolute Gasteiger partial charge is 0.478 e. The fourth-order valence-corrected chi connectivity index (χ4v) is 2.73. The third-order valence-electron chi connectivity index (χ3n) is 3.93. The highest BCUT2D eigenvalue weighted by molar-refractivity contribution is 5.88. The molecule has 1 saturated heterocycles. The number of rotatable bonds is 3. The molecule has 2 heterocycles. The van der Waals surface area contributed by atoms with Gasteiger partial charge in [-0.25, -0.2) is 9.59 Å². The monoisotopic (exact) mass is 263 g/mol. The first kappa shape index (κ1) is 12.3. The molecule has 1 atom stereocenters. The van der Waals surface area contributed by atoms with Crippen LogP contribution >= 0.6 is 0 Å². The molecule has 19 heavy (non-hydrogen) atoms. The Bertz CT molecular complexity index is 577. The van der Waals surface area contributed by atoms with E-state index in [1.54, 1.807) is 0 Å². The van der Waals surface area contributed by atoms with Gasteiger partial charge in [-0.1, -0.05) is 0 Å². The second-order valence-corrected chi connectivity index (χ2v) is 5.51. The summed E-state index contributed by atoms with van der Waals surface area (Å²) in [6, 6.07) is 0.151. The molecule has 0 aromatic carbocycles. The van der Waals surface area contributed by atoms with Crippen molar-refractivity contribution in [3.8, 4) is 0 Å². The zero-order chi connectivity index (χ0) is 13.6. The predicted octanol–water partition coefficient (Wildman–Crippen LogP) is 0.696. The van der Waals surface area contributed by atoms with E-state index in [9.17, 15) is 14.7 Å². The number of hydrogen-bond donors (Lipinski definition) is 1. The van der Waals surface area contributed by atoms with Crippen LogP contribution in [0, 0.1) is 0 Å². The molecule has 1 aliphatic carbocycles. The first-order valence-corrected chi connectivity index (χ1v) is 6.61. The lowest BCUT2D eigenvalue weighted by molar-refractivity contribution is 0.0693. The third-order valence-corrected chi connectivity index (χ3v) is 3.93. The Balaban J connectivity index is 2.04. The molecule has 102 valence electrons. The maximum absolute atomic E-state index is 12.0. The number of aromatic nitrogens is 2. The van der Waals surface area contributed by atoms with Gasteiger partial charge >= 0.3 is 11.7 Å². The Morgan fingerprint density at radius 1 is 1.42 bits per heavy atom. The number of carbonyl (C=O) groups is 1. The first-order chi connectivity index (χ1) is 9.06. The highest BCUT2D eigenvalue weighted by Gasteiger charge is 2.31. The molecule has 0 amide bonds. The fraction of sp³-hybridized carbons (Fsp3) is 0.615. The molecule has 1 aromatic heterocycles. The Kier molecular flexibility index (Phi) is 2.89. The average molecular weight is 263 g/mol. The van der Waals surface area contributed by atoms with E-state index in [4.69, 9.17) is 0 Å². The van der Waals surface area contributed by atoms with Crippen LogP contribution in [0.4, 0.5) is 0 Å². The van der Waals surface area contributed by atoms with Crippen molar-refractivity contribution >= 4 is 5.97 Å². The fourth-order valence-electron chi connectivity index (χ4n) is 2.73. The summed E-state index contributed by atoms with van der Waals surface area (Å²) in [6.07, 6.45) is 4.22. The lowest BCUT2D eigenvalue weighted by atomic mass is 10.0. The van der Waals surface area contributed by atoms with E-state index in [1.165, 1.54) is 10.8 Å². The Morgan fingerprint density at radius 3 is 2.68 bits per heavy atom. The van der Waals surface area contributed by atoms with Gasteiger partial charge in [-0.3, -0.25) is 4.57 Å². The van der Waals surface area contributed by atoms with Gasteiger partial charge in [0.2, 0.25) is 0 Å². The topological polar surface area (TPSA) is 75.4 Å². The highest BCUT2D eigenvalue weighted by Crippen LogP contribution is 2.34. The minimum atomic E-state index is -0.994. The molecular formula is C13H17N3O3. The van der Waals surface area contributed by atoms with Gasteiger partial charge in [-0.05, 0) is 32.9 Å². The van der Waals surface area contributed by atoms with Crippen LogP contribution in [-0.2, 0) is 0 Å². The molecule has 6 heteroatoms. The Labute approximate surface area is 110 Å². The summed E-state index contributed by atoms with van der Waals surface area (Å²) in [6.45, 7) is 1.68. The van der Waals surface area contributed by atoms with E-state index >= 15 is 0 Å². The van der Waals surface area contributed by atoms with Gasteiger partial charge in [0.15, 0.2) is 0 Å². The van der Waals surface area contributed by atoms with Crippen LogP contribution in [0.25, 0.3) is 0 Å². The van der Waals surface area contributed by atoms with Crippen LogP contribution < -0.4 is 5.69 Å². The zero-order valence-electron chi connectivity index (χ0n) is 10.9. The van der Waals surface area contributed by atoms with Gasteiger partial charge < -0.3 is 10.0 Å². The van der Waals surface area contributed by atoms with Crippen molar-refractivity contribution in [3.63, 3.8) is 0 Å². The van der Waals surface area contributed by atoms with Crippen molar-refractivity contribution in [1.82, 2.24) is 14.5 Å². The predicted molar refractivity (Wildman–Crippen MR) is 68.6 cm³/mol. The van der Waals surface area contributed by atoms with E-state index in [0.717, 1.165) is 32.4 Å². The van der Waals surface area contributed by atoms with Crippen LogP contribution in [0.5, 0.6) is 0 Å². The number of nitrogens with zero attached hydrogens (tertiary/aromatic N) is 3. The normalized spacial score (nSPS) is 23.7. The minimum Gasteiger partial charge on any atom is -0.478 e. The number of likely N-dealkylation sites (N-methyl/N-ethyl adjacent to an activating group) is 1. The number of hydrogen-bond acceptors (Lipinski definition) is 4. The average Bonchev–Trinajstić information content (AvgIpc) is 3.10. The van der Waals surface area contributed by atoms with Crippen molar-refractivity contribution in [2.24, 2.45) is 0 Å². The highest BCUT2D eigenvalue weighted by atomic mass is 16.4. The van der Waals surface area contributed by atoms with Crippen molar-refractivity contribution in [2.75, 3.05) is 20.1 Å². The summed E-state index contributed by atoms with van der Waals surface area (Å²) in [5.41, 5.74) is 0.336. The molecule has 6 nitrogen and oxygen atoms in total. The maximum Gasteiger partial charge on any atom is 0.348 e. The number of aromatic carboxylic acids is 1. The van der Waals surface area contributed by atoms with Crippen molar-refractivity contribution in [2.45, 2.75) is 31.2 Å². The minimum absolute atomic E-state index is 0.0534. The lowest BCUT2D eigenvalue weighted by Gasteiger charge is -2.14. The number of likely N-dealkylation sites (tertiary alicyclic amines) is 1. The summed E-state index contributed by atoms with van der Waals surface area (Å²) in [4.78, 5) is 29.6. The first-order valence-electron chi connectivity index (χ1n) is 6.61. The van der Waals surface area contributed by atoms with E-state index < -0.39 is 5.97 Å². The summed E-state index contributed by atoms with van der Waals surface area (Å²) in [5, 5.41) is 9.34. The molecular weight excluding hydrogens is 246 g/mol. The van der Waals surface area contributed by atoms with Gasteiger partial charge in [0.25, 0.3) is 0 Å². The van der Waals surface area contributed by atoms with E-state index in [2.05, 4.69) is 9.88 Å². The van der Waals surface area contributed by atoms with Gasteiger partial charge in [0, 0.05) is 24.7 Å². The molecule has 0 spiro atoms. The lowest BCUT2D eigenvalue weighted by Crippen LogP contribution is -2.27. The second kappa shape index (κ2) is 4.45. The third kappa shape index (κ3) is 2.28. The molecule has 1 aliphatic heterocycles. The molecule has 1 saturated carbocycles. The molecule has 1 N–H and O–H groups in total. The Hall–Kier alpha value is -1.69. The molecule has 0 bridgehead atoms. The van der Waals surface area contributed by atoms with E-state index in [0.29, 0.717) is 5.69 Å². The van der Waals surface area contributed by atoms with Gasteiger partial charge in [-0.15, -0.1) is 0 Å². The van der Waals surface area contributed by atoms with Crippen LogP contribution in [0.15, 0.2) is 11.0 Å². The summed E-state index contributed by atoms with van der Waals surface area (Å²) < 4.78 is 1.48. The van der Waals surface area contributed by atoms with Gasteiger partial charge in [-0.2, -0.15) is 4.98 Å². The molecule has 0 radical (unpaired) electrons. The Morgan fingerprint density at radius 2 is 2.16 bits per heavy atom. The summed E-state index contributed by atoms with van der Waals surface area (Å²) in [5.74, 6) is -0.941. The van der Waals surface area contributed by atoms with Crippen molar-refractivity contribution in [1.29, 1.82) is 0 Å². The van der Waals surface area contributed by atoms with Crippen molar-refractivity contribution in [3.05, 3.63) is 27.9 Å². The number of carboxylic acids is 1. The smallest absolute Gasteiger partial charge is 0.348 e. The standard InChI is InChI=1S/C13H17N3O3/c1-15-5-4-8(6-15)11-10(12(17)18)7-16(9-2-3-9)13(19)14-11/h7-9H,2-6H2,1H3,(H,17,18). The van der Waals surface area contributed by atoms with Crippen LogP contribution in [0.1, 0.15) is 47.3 Å². The molecule has 3 rings (SSSR count). The van der Waals surface area contributed by atoms with E-state index in [-0.39, 0.29) is 23.2 Å². The van der Waals surface area contributed by atoms with E-state index in [1.807, 2.05) is 7.05 Å². The van der Waals surface area contributed by atoms with Crippen molar-refractivity contribution < 1.29 is 9.90 Å². The molecule has 1 unspecified atom stereocenters. The SMILES string of the molecule is CN1CCC(c2nc(=O)n(C3CC3)cc2C(=O)O)C1.